The molecule has 0 spiro atoms. The molecule has 1 heterocycles. The van der Waals surface area contributed by atoms with Gasteiger partial charge in [0.15, 0.2) is 0 Å². The van der Waals surface area contributed by atoms with E-state index in [9.17, 15) is 0 Å². The number of nitrogens with two attached hydrogens (primary N) is 1. The number of hydrogen-bond donors (Lipinski definition) is 1. The molecule has 2 aromatic rings. The van der Waals surface area contributed by atoms with Gasteiger partial charge in [-0.05, 0) is 12.1 Å². The van der Waals surface area contributed by atoms with Crippen LogP contribution in [-0.4, -0.2) is 21.9 Å². The van der Waals surface area contributed by atoms with Crippen LogP contribution in [0.15, 0.2) is 40.1 Å². The lowest BCUT2D eigenvalue weighted by Crippen LogP contribution is -2.12. The molecule has 0 saturated carbocycles. The molecule has 1 aromatic heterocycles. The molecule has 16 heavy (non-hydrogen) atoms. The average molecular weight is 237 g/mol. The largest absolute Gasteiger partial charge is 0.423 e. The van der Waals surface area contributed by atoms with E-state index >= 15 is 0 Å². The molecule has 0 aliphatic rings. The smallest absolute Gasteiger partial charge is 0.249 e. The second-order valence-corrected chi connectivity index (χ2v) is 3.27. The zero-order valence-electron chi connectivity index (χ0n) is 8.30. The highest BCUT2D eigenvalue weighted by Crippen LogP contribution is 2.28. The van der Waals surface area contributed by atoms with Crippen molar-refractivity contribution in [3.8, 4) is 11.5 Å². The molecule has 1 aromatic carbocycles. The SMILES string of the molecule is NC(CCl)=Nc1ccccc1-c1nnco1. The van der Waals surface area contributed by atoms with Crippen LogP contribution in [0.3, 0.4) is 0 Å². The number of nitrogens with zero attached hydrogens (tertiary/aromatic N) is 3. The second kappa shape index (κ2) is 4.76. The molecule has 0 radical (unpaired) electrons. The summed E-state index contributed by atoms with van der Waals surface area (Å²) in [6.45, 7) is 0. The number of aromatic nitrogens is 2. The van der Waals surface area contributed by atoms with Crippen molar-refractivity contribution in [3.63, 3.8) is 0 Å². The lowest BCUT2D eigenvalue weighted by atomic mass is 10.2. The zero-order chi connectivity index (χ0) is 11.4. The fourth-order valence-corrected chi connectivity index (χ4v) is 1.29. The molecular formula is C10H9ClN4O. The standard InChI is InChI=1S/C10H9ClN4O/c11-5-9(12)14-8-4-2-1-3-7(8)10-15-13-6-16-10/h1-4,6H,5H2,(H2,12,14). The first-order chi connectivity index (χ1) is 7.81. The Morgan fingerprint density at radius 3 is 2.94 bits per heavy atom. The van der Waals surface area contributed by atoms with Gasteiger partial charge in [-0.15, -0.1) is 21.8 Å². The molecule has 5 nitrogen and oxygen atoms in total. The van der Waals surface area contributed by atoms with Crippen LogP contribution in [0, 0.1) is 0 Å². The van der Waals surface area contributed by atoms with Crippen molar-refractivity contribution < 1.29 is 4.42 Å². The van der Waals surface area contributed by atoms with Crippen molar-refractivity contribution in [2.45, 2.75) is 0 Å². The molecule has 0 aliphatic carbocycles. The number of amidine groups is 1. The van der Waals surface area contributed by atoms with E-state index in [-0.39, 0.29) is 5.88 Å². The minimum atomic E-state index is 0.179. The van der Waals surface area contributed by atoms with Crippen molar-refractivity contribution in [1.29, 1.82) is 0 Å². The van der Waals surface area contributed by atoms with Gasteiger partial charge >= 0.3 is 0 Å². The summed E-state index contributed by atoms with van der Waals surface area (Å²) in [5, 5.41) is 7.44. The van der Waals surface area contributed by atoms with Gasteiger partial charge in [-0.3, -0.25) is 0 Å². The van der Waals surface area contributed by atoms with Crippen molar-refractivity contribution in [2.24, 2.45) is 10.7 Å². The Bertz CT molecular complexity index is 495. The summed E-state index contributed by atoms with van der Waals surface area (Å²) in [4.78, 5) is 4.17. The monoisotopic (exact) mass is 236 g/mol. The second-order valence-electron chi connectivity index (χ2n) is 3.00. The van der Waals surface area contributed by atoms with E-state index in [1.807, 2.05) is 18.2 Å². The average Bonchev–Trinajstić information content (AvgIpc) is 2.83. The number of halogens is 1. The van der Waals surface area contributed by atoms with E-state index in [1.54, 1.807) is 6.07 Å². The number of rotatable bonds is 3. The third-order valence-corrected chi connectivity index (χ3v) is 2.17. The molecule has 2 rings (SSSR count). The van der Waals surface area contributed by atoms with Crippen LogP contribution in [-0.2, 0) is 0 Å². The van der Waals surface area contributed by atoms with Crippen molar-refractivity contribution in [3.05, 3.63) is 30.7 Å². The molecule has 0 saturated heterocycles. The third kappa shape index (κ3) is 2.20. The fourth-order valence-electron chi connectivity index (χ4n) is 1.23. The Morgan fingerprint density at radius 1 is 1.44 bits per heavy atom. The summed E-state index contributed by atoms with van der Waals surface area (Å²) in [6.07, 6.45) is 1.26. The summed E-state index contributed by atoms with van der Waals surface area (Å²) in [7, 11) is 0. The molecule has 2 N–H and O–H groups in total. The maximum absolute atomic E-state index is 5.58. The number of para-hydroxylation sites is 1. The summed E-state index contributed by atoms with van der Waals surface area (Å²) >= 11 is 5.57. The highest BCUT2D eigenvalue weighted by molar-refractivity contribution is 6.28. The van der Waals surface area contributed by atoms with Gasteiger partial charge < -0.3 is 10.2 Å². The Morgan fingerprint density at radius 2 is 2.25 bits per heavy atom. The topological polar surface area (TPSA) is 77.3 Å². The van der Waals surface area contributed by atoms with Crippen LogP contribution in [0.2, 0.25) is 0 Å². The molecule has 0 bridgehead atoms. The van der Waals surface area contributed by atoms with Gasteiger partial charge in [-0.1, -0.05) is 12.1 Å². The molecule has 82 valence electrons. The van der Waals surface area contributed by atoms with Gasteiger partial charge in [0.2, 0.25) is 12.3 Å². The molecular weight excluding hydrogens is 228 g/mol. The Balaban J connectivity index is 2.47. The van der Waals surface area contributed by atoms with E-state index in [1.165, 1.54) is 6.39 Å². The molecule has 0 atom stereocenters. The van der Waals surface area contributed by atoms with Gasteiger partial charge in [0.1, 0.15) is 5.84 Å². The first kappa shape index (κ1) is 10.6. The van der Waals surface area contributed by atoms with Gasteiger partial charge in [-0.2, -0.15) is 0 Å². The summed E-state index contributed by atoms with van der Waals surface area (Å²) in [5.74, 6) is 0.924. The fraction of sp³-hybridized carbons (Fsp3) is 0.100. The first-order valence-corrected chi connectivity index (χ1v) is 5.09. The predicted octanol–water partition coefficient (Wildman–Crippen LogP) is 1.96. The third-order valence-electron chi connectivity index (χ3n) is 1.90. The van der Waals surface area contributed by atoms with Crippen LogP contribution < -0.4 is 5.73 Å². The number of benzene rings is 1. The van der Waals surface area contributed by atoms with E-state index in [0.29, 0.717) is 17.4 Å². The van der Waals surface area contributed by atoms with Crippen LogP contribution in [0.4, 0.5) is 5.69 Å². The molecule has 0 amide bonds. The normalized spacial score (nSPS) is 11.7. The highest BCUT2D eigenvalue weighted by Gasteiger charge is 2.08. The lowest BCUT2D eigenvalue weighted by Gasteiger charge is -2.01. The molecule has 0 unspecified atom stereocenters. The van der Waals surface area contributed by atoms with E-state index in [4.69, 9.17) is 21.8 Å². The zero-order valence-corrected chi connectivity index (χ0v) is 9.05. The van der Waals surface area contributed by atoms with Gasteiger partial charge in [-0.25, -0.2) is 4.99 Å². The van der Waals surface area contributed by atoms with Crippen LogP contribution >= 0.6 is 11.6 Å². The van der Waals surface area contributed by atoms with E-state index in [0.717, 1.165) is 5.56 Å². The minimum absolute atomic E-state index is 0.179. The Labute approximate surface area is 97.0 Å². The van der Waals surface area contributed by atoms with Crippen molar-refractivity contribution >= 4 is 23.1 Å². The molecule has 0 aliphatic heterocycles. The Kier molecular flexibility index (Phi) is 3.16. The summed E-state index contributed by atoms with van der Waals surface area (Å²) in [6, 6.07) is 7.34. The first-order valence-electron chi connectivity index (χ1n) is 4.56. The molecule has 6 heteroatoms. The minimum Gasteiger partial charge on any atom is -0.423 e. The number of hydrogen-bond acceptors (Lipinski definition) is 4. The Hall–Kier alpha value is -1.88. The van der Waals surface area contributed by atoms with Crippen LogP contribution in [0.5, 0.6) is 0 Å². The highest BCUT2D eigenvalue weighted by atomic mass is 35.5. The van der Waals surface area contributed by atoms with Gasteiger partial charge in [0.25, 0.3) is 0 Å². The molecule has 0 fully saturated rings. The van der Waals surface area contributed by atoms with Crippen LogP contribution in [0.25, 0.3) is 11.5 Å². The lowest BCUT2D eigenvalue weighted by molar-refractivity contribution is 0.569. The summed E-state index contributed by atoms with van der Waals surface area (Å²) < 4.78 is 5.11. The maximum Gasteiger partial charge on any atom is 0.249 e. The summed E-state index contributed by atoms with van der Waals surface area (Å²) in [5.41, 5.74) is 6.97. The van der Waals surface area contributed by atoms with E-state index < -0.39 is 0 Å². The van der Waals surface area contributed by atoms with E-state index in [2.05, 4.69) is 15.2 Å². The van der Waals surface area contributed by atoms with Gasteiger partial charge in [0, 0.05) is 0 Å². The number of aliphatic imine (C=N–C) groups is 1. The van der Waals surface area contributed by atoms with Gasteiger partial charge in [0.05, 0.1) is 17.1 Å². The van der Waals surface area contributed by atoms with Crippen LogP contribution in [0.1, 0.15) is 0 Å². The van der Waals surface area contributed by atoms with Crippen molar-refractivity contribution in [1.82, 2.24) is 10.2 Å². The quantitative estimate of drug-likeness (QED) is 0.502. The maximum atomic E-state index is 5.58. The number of alkyl halides is 1. The predicted molar refractivity (Wildman–Crippen MR) is 61.7 cm³/mol. The van der Waals surface area contributed by atoms with Crippen molar-refractivity contribution in [2.75, 3.05) is 5.88 Å².